The number of carbonyl (C=O) groups is 2. The molecule has 2 heterocycles. The number of anilines is 1. The van der Waals surface area contributed by atoms with E-state index < -0.39 is 0 Å². The van der Waals surface area contributed by atoms with Crippen molar-refractivity contribution in [3.05, 3.63) is 47.7 Å². The summed E-state index contributed by atoms with van der Waals surface area (Å²) in [7, 11) is 0. The summed E-state index contributed by atoms with van der Waals surface area (Å²) in [5.41, 5.74) is 1.29. The molecule has 24 heavy (non-hydrogen) atoms. The van der Waals surface area contributed by atoms with Gasteiger partial charge in [0.25, 0.3) is 0 Å². The Hall–Kier alpha value is -2.43. The van der Waals surface area contributed by atoms with Gasteiger partial charge >= 0.3 is 0 Å². The van der Waals surface area contributed by atoms with Gasteiger partial charge in [-0.3, -0.25) is 9.59 Å². The van der Waals surface area contributed by atoms with Crippen LogP contribution in [0.2, 0.25) is 0 Å². The molecule has 1 aromatic heterocycles. The lowest BCUT2D eigenvalue weighted by atomic mass is 9.73. The predicted molar refractivity (Wildman–Crippen MR) is 86.1 cm³/mol. The minimum absolute atomic E-state index is 0.0858. The lowest BCUT2D eigenvalue weighted by Crippen LogP contribution is -2.33. The summed E-state index contributed by atoms with van der Waals surface area (Å²) < 4.78 is 5.06. The number of rotatable bonds is 2. The topological polar surface area (TPSA) is 63.4 Å². The SMILES string of the molecule is Cc1cc(N2C(=O)[C@H]3[C@H]4C[C@@H]([C@@H]3C2=O)[C@H](c2ccccc2)C4)no1. The molecule has 0 unspecified atom stereocenters. The molecule has 0 radical (unpaired) electrons. The van der Waals surface area contributed by atoms with E-state index in [9.17, 15) is 9.59 Å². The second-order valence-electron chi connectivity index (χ2n) is 7.27. The largest absolute Gasteiger partial charge is 0.360 e. The molecule has 1 aliphatic heterocycles. The van der Waals surface area contributed by atoms with Gasteiger partial charge in [-0.05, 0) is 43.1 Å². The van der Waals surface area contributed by atoms with Crippen molar-refractivity contribution in [1.29, 1.82) is 0 Å². The number of fused-ring (bicyclic) bond motifs is 5. The normalized spacial score (nSPS) is 34.2. The van der Waals surface area contributed by atoms with E-state index in [1.165, 1.54) is 10.5 Å². The van der Waals surface area contributed by atoms with Crippen LogP contribution in [0.25, 0.3) is 0 Å². The first kappa shape index (κ1) is 14.0. The summed E-state index contributed by atoms with van der Waals surface area (Å²) in [6.07, 6.45) is 1.98. The zero-order chi connectivity index (χ0) is 16.4. The van der Waals surface area contributed by atoms with Crippen LogP contribution in [0.1, 0.15) is 30.1 Å². The van der Waals surface area contributed by atoms with Gasteiger partial charge in [-0.2, -0.15) is 0 Å². The van der Waals surface area contributed by atoms with Crippen molar-refractivity contribution in [3.8, 4) is 0 Å². The standard InChI is InChI=1S/C19H18N2O3/c1-10-7-15(20-24-10)21-18(22)16-12-8-13(11-5-3-2-4-6-11)14(9-12)17(16)19(21)23/h2-7,12-14,16-17H,8-9H2,1H3/t12-,13+,14-,16+,17+/m1/s1. The summed E-state index contributed by atoms with van der Waals surface area (Å²) in [6.45, 7) is 1.76. The van der Waals surface area contributed by atoms with Crippen molar-refractivity contribution in [1.82, 2.24) is 5.16 Å². The third kappa shape index (κ3) is 1.72. The average molecular weight is 322 g/mol. The van der Waals surface area contributed by atoms with E-state index in [1.54, 1.807) is 13.0 Å². The van der Waals surface area contributed by atoms with E-state index in [1.807, 2.05) is 18.2 Å². The zero-order valence-electron chi connectivity index (χ0n) is 13.4. The minimum atomic E-state index is -0.196. The Labute approximate surface area is 139 Å². The highest BCUT2D eigenvalue weighted by Gasteiger charge is 2.64. The van der Waals surface area contributed by atoms with Crippen molar-refractivity contribution in [2.45, 2.75) is 25.7 Å². The van der Waals surface area contributed by atoms with Gasteiger partial charge in [0.15, 0.2) is 5.82 Å². The van der Waals surface area contributed by atoms with Crippen LogP contribution in [0.5, 0.6) is 0 Å². The molecule has 2 amide bonds. The molecule has 2 aliphatic carbocycles. The smallest absolute Gasteiger partial charge is 0.239 e. The number of nitrogens with zero attached hydrogens (tertiary/aromatic N) is 2. The second-order valence-corrected chi connectivity index (χ2v) is 7.27. The van der Waals surface area contributed by atoms with E-state index in [0.29, 0.717) is 23.4 Å². The maximum atomic E-state index is 13.0. The molecule has 0 spiro atoms. The molecule has 2 bridgehead atoms. The van der Waals surface area contributed by atoms with Crippen LogP contribution >= 0.6 is 0 Å². The highest BCUT2D eigenvalue weighted by molar-refractivity contribution is 6.22. The lowest BCUT2D eigenvalue weighted by Gasteiger charge is -2.28. The van der Waals surface area contributed by atoms with Gasteiger partial charge in [0.1, 0.15) is 5.76 Å². The Balaban J connectivity index is 1.50. The molecule has 122 valence electrons. The Morgan fingerprint density at radius 1 is 1.08 bits per heavy atom. The van der Waals surface area contributed by atoms with E-state index in [-0.39, 0.29) is 29.6 Å². The van der Waals surface area contributed by atoms with Gasteiger partial charge in [-0.1, -0.05) is 35.5 Å². The third-order valence-corrected chi connectivity index (χ3v) is 6.09. The predicted octanol–water partition coefficient (Wildman–Crippen LogP) is 2.91. The summed E-state index contributed by atoms with van der Waals surface area (Å²) >= 11 is 0. The fraction of sp³-hybridized carbons (Fsp3) is 0.421. The maximum Gasteiger partial charge on any atom is 0.239 e. The molecular formula is C19H18N2O3. The summed E-state index contributed by atoms with van der Waals surface area (Å²) in [5.74, 6) is 1.35. The highest BCUT2D eigenvalue weighted by Crippen LogP contribution is 2.61. The van der Waals surface area contributed by atoms with Gasteiger partial charge in [-0.15, -0.1) is 0 Å². The summed E-state index contributed by atoms with van der Waals surface area (Å²) in [6, 6.07) is 12.0. The molecule has 5 heteroatoms. The molecule has 2 saturated carbocycles. The number of benzene rings is 1. The summed E-state index contributed by atoms with van der Waals surface area (Å²) in [4.78, 5) is 27.1. The van der Waals surface area contributed by atoms with Gasteiger partial charge in [0.2, 0.25) is 11.8 Å². The van der Waals surface area contributed by atoms with Crippen LogP contribution in [-0.2, 0) is 9.59 Å². The van der Waals surface area contributed by atoms with Crippen LogP contribution in [0.4, 0.5) is 5.82 Å². The van der Waals surface area contributed by atoms with Crippen molar-refractivity contribution >= 4 is 17.6 Å². The van der Waals surface area contributed by atoms with E-state index >= 15 is 0 Å². The molecule has 5 rings (SSSR count). The van der Waals surface area contributed by atoms with Gasteiger partial charge in [-0.25, -0.2) is 4.90 Å². The minimum Gasteiger partial charge on any atom is -0.360 e. The van der Waals surface area contributed by atoms with Crippen molar-refractivity contribution in [2.24, 2.45) is 23.7 Å². The molecule has 1 aromatic carbocycles. The third-order valence-electron chi connectivity index (χ3n) is 6.09. The first-order valence-electron chi connectivity index (χ1n) is 8.51. The van der Waals surface area contributed by atoms with Crippen LogP contribution in [0, 0.1) is 30.6 Å². The second kappa shape index (κ2) is 4.79. The Morgan fingerprint density at radius 2 is 1.83 bits per heavy atom. The number of hydrogen-bond acceptors (Lipinski definition) is 4. The van der Waals surface area contributed by atoms with E-state index in [4.69, 9.17) is 4.52 Å². The Morgan fingerprint density at radius 3 is 2.54 bits per heavy atom. The number of hydrogen-bond donors (Lipinski definition) is 0. The molecule has 5 nitrogen and oxygen atoms in total. The number of aryl methyl sites for hydroxylation is 1. The quantitative estimate of drug-likeness (QED) is 0.798. The van der Waals surface area contributed by atoms with Crippen molar-refractivity contribution in [3.63, 3.8) is 0 Å². The van der Waals surface area contributed by atoms with E-state index in [0.717, 1.165) is 12.8 Å². The Kier molecular flexibility index (Phi) is 2.78. The molecular weight excluding hydrogens is 304 g/mol. The first-order valence-corrected chi connectivity index (χ1v) is 8.51. The van der Waals surface area contributed by atoms with Crippen LogP contribution in [0.3, 0.4) is 0 Å². The van der Waals surface area contributed by atoms with Crippen LogP contribution in [0.15, 0.2) is 40.9 Å². The number of carbonyl (C=O) groups excluding carboxylic acids is 2. The van der Waals surface area contributed by atoms with Crippen molar-refractivity contribution < 1.29 is 14.1 Å². The van der Waals surface area contributed by atoms with Gasteiger partial charge < -0.3 is 4.52 Å². The molecule has 3 fully saturated rings. The first-order chi connectivity index (χ1) is 11.6. The Bertz CT molecular complexity index is 828. The molecule has 5 atom stereocenters. The highest BCUT2D eigenvalue weighted by atomic mass is 16.5. The van der Waals surface area contributed by atoms with Gasteiger partial charge in [0, 0.05) is 6.07 Å². The lowest BCUT2D eigenvalue weighted by molar-refractivity contribution is -0.123. The molecule has 3 aliphatic rings. The number of amides is 2. The monoisotopic (exact) mass is 322 g/mol. The van der Waals surface area contributed by atoms with Crippen molar-refractivity contribution in [2.75, 3.05) is 4.90 Å². The molecule has 0 N–H and O–H groups in total. The van der Waals surface area contributed by atoms with Crippen LogP contribution in [-0.4, -0.2) is 17.0 Å². The number of aromatic nitrogens is 1. The fourth-order valence-corrected chi connectivity index (χ4v) is 5.23. The van der Waals surface area contributed by atoms with Crippen LogP contribution < -0.4 is 4.90 Å². The number of imide groups is 1. The fourth-order valence-electron chi connectivity index (χ4n) is 5.23. The molecule has 2 aromatic rings. The molecule has 1 saturated heterocycles. The average Bonchev–Trinajstić information content (AvgIpc) is 3.32. The van der Waals surface area contributed by atoms with Gasteiger partial charge in [0.05, 0.1) is 11.8 Å². The summed E-state index contributed by atoms with van der Waals surface area (Å²) in [5, 5.41) is 3.88. The van der Waals surface area contributed by atoms with E-state index in [2.05, 4.69) is 17.3 Å². The maximum absolute atomic E-state index is 13.0. The zero-order valence-corrected chi connectivity index (χ0v) is 13.4.